The molecule has 2 rings (SSSR count). The summed E-state index contributed by atoms with van der Waals surface area (Å²) in [6, 6.07) is 7.39. The first-order chi connectivity index (χ1) is 9.54. The van der Waals surface area contributed by atoms with Gasteiger partial charge in [-0.2, -0.15) is 0 Å². The van der Waals surface area contributed by atoms with E-state index in [1.807, 2.05) is 38.1 Å². The van der Waals surface area contributed by atoms with E-state index in [9.17, 15) is 4.79 Å². The standard InChI is InChI=1S/C14H16ClN3O2/c1-4-20-14(19)13-17-16-10(3)18(13)9(2)11-5-7-12(15)8-6-11/h5-9H,4H2,1-3H3. The minimum atomic E-state index is -0.464. The second-order valence-electron chi connectivity index (χ2n) is 4.39. The highest BCUT2D eigenvalue weighted by Gasteiger charge is 2.22. The van der Waals surface area contributed by atoms with Gasteiger partial charge in [0.2, 0.25) is 5.82 Å². The zero-order valence-electron chi connectivity index (χ0n) is 11.6. The van der Waals surface area contributed by atoms with Gasteiger partial charge in [-0.05, 0) is 38.5 Å². The Morgan fingerprint density at radius 3 is 2.60 bits per heavy atom. The normalized spacial score (nSPS) is 12.2. The van der Waals surface area contributed by atoms with E-state index in [0.717, 1.165) is 5.56 Å². The quantitative estimate of drug-likeness (QED) is 0.813. The zero-order valence-corrected chi connectivity index (χ0v) is 12.4. The molecular formula is C14H16ClN3O2. The number of ether oxygens (including phenoxy) is 1. The third-order valence-electron chi connectivity index (χ3n) is 3.06. The van der Waals surface area contributed by atoms with Gasteiger partial charge in [-0.3, -0.25) is 4.57 Å². The van der Waals surface area contributed by atoms with Crippen LogP contribution < -0.4 is 0 Å². The van der Waals surface area contributed by atoms with Crippen LogP contribution in [0.15, 0.2) is 24.3 Å². The predicted octanol–water partition coefficient (Wildman–Crippen LogP) is 3.03. The van der Waals surface area contributed by atoms with Crippen molar-refractivity contribution in [3.05, 3.63) is 46.5 Å². The molecule has 0 bridgehead atoms. The van der Waals surface area contributed by atoms with E-state index in [1.54, 1.807) is 11.5 Å². The first-order valence-electron chi connectivity index (χ1n) is 6.38. The van der Waals surface area contributed by atoms with Gasteiger partial charge in [-0.1, -0.05) is 23.7 Å². The van der Waals surface area contributed by atoms with Gasteiger partial charge in [-0.25, -0.2) is 4.79 Å². The van der Waals surface area contributed by atoms with E-state index < -0.39 is 5.97 Å². The molecule has 0 saturated carbocycles. The molecule has 0 N–H and O–H groups in total. The number of benzene rings is 1. The minimum absolute atomic E-state index is 0.0818. The fourth-order valence-corrected chi connectivity index (χ4v) is 2.18. The Hall–Kier alpha value is -1.88. The lowest BCUT2D eigenvalue weighted by Gasteiger charge is -2.17. The van der Waals surface area contributed by atoms with Crippen molar-refractivity contribution >= 4 is 17.6 Å². The van der Waals surface area contributed by atoms with Crippen molar-refractivity contribution in [1.29, 1.82) is 0 Å². The highest BCUT2D eigenvalue weighted by atomic mass is 35.5. The van der Waals surface area contributed by atoms with E-state index >= 15 is 0 Å². The first-order valence-corrected chi connectivity index (χ1v) is 6.76. The van der Waals surface area contributed by atoms with Crippen LogP contribution in [0, 0.1) is 6.92 Å². The summed E-state index contributed by atoms with van der Waals surface area (Å²) in [6.07, 6.45) is 0. The van der Waals surface area contributed by atoms with Crippen LogP contribution in [0.1, 0.15) is 41.9 Å². The summed E-state index contributed by atoms with van der Waals surface area (Å²) in [6.45, 7) is 5.85. The van der Waals surface area contributed by atoms with Gasteiger partial charge < -0.3 is 4.74 Å². The zero-order chi connectivity index (χ0) is 14.7. The van der Waals surface area contributed by atoms with Gasteiger partial charge in [0.25, 0.3) is 0 Å². The Labute approximate surface area is 122 Å². The number of halogens is 1. The van der Waals surface area contributed by atoms with Crippen LogP contribution in [0.5, 0.6) is 0 Å². The molecule has 2 aromatic rings. The molecule has 106 valence electrons. The largest absolute Gasteiger partial charge is 0.460 e. The summed E-state index contributed by atoms with van der Waals surface area (Å²) in [4.78, 5) is 11.9. The molecule has 1 aromatic heterocycles. The summed E-state index contributed by atoms with van der Waals surface area (Å²) in [5.41, 5.74) is 1.02. The second kappa shape index (κ2) is 6.05. The van der Waals surface area contributed by atoms with Crippen LogP contribution >= 0.6 is 11.6 Å². The Balaban J connectivity index is 2.38. The third-order valence-corrected chi connectivity index (χ3v) is 3.32. The van der Waals surface area contributed by atoms with Crippen LogP contribution in [0.4, 0.5) is 0 Å². The van der Waals surface area contributed by atoms with Gasteiger partial charge in [0.05, 0.1) is 12.6 Å². The summed E-state index contributed by atoms with van der Waals surface area (Å²) >= 11 is 5.89. The van der Waals surface area contributed by atoms with E-state index in [4.69, 9.17) is 16.3 Å². The van der Waals surface area contributed by atoms with Crippen molar-refractivity contribution in [3.63, 3.8) is 0 Å². The Kier molecular flexibility index (Phi) is 4.39. The molecule has 0 aliphatic heterocycles. The number of nitrogens with zero attached hydrogens (tertiary/aromatic N) is 3. The number of esters is 1. The number of carbonyl (C=O) groups excluding carboxylic acids is 1. The van der Waals surface area contributed by atoms with Crippen molar-refractivity contribution in [2.24, 2.45) is 0 Å². The topological polar surface area (TPSA) is 57.0 Å². The van der Waals surface area contributed by atoms with E-state index in [1.165, 1.54) is 0 Å². The number of hydrogen-bond acceptors (Lipinski definition) is 4. The number of rotatable bonds is 4. The van der Waals surface area contributed by atoms with E-state index in [2.05, 4.69) is 10.2 Å². The average Bonchev–Trinajstić information content (AvgIpc) is 2.81. The Bertz CT molecular complexity index is 607. The van der Waals surface area contributed by atoms with Crippen molar-refractivity contribution in [1.82, 2.24) is 14.8 Å². The van der Waals surface area contributed by atoms with E-state index in [-0.39, 0.29) is 11.9 Å². The van der Waals surface area contributed by atoms with Crippen LogP contribution in [0.2, 0.25) is 5.02 Å². The Morgan fingerprint density at radius 1 is 1.35 bits per heavy atom. The number of hydrogen-bond donors (Lipinski definition) is 0. The summed E-state index contributed by atoms with van der Waals surface area (Å²) in [7, 11) is 0. The van der Waals surface area contributed by atoms with Crippen LogP contribution in [-0.4, -0.2) is 27.3 Å². The molecule has 1 atom stereocenters. The fraction of sp³-hybridized carbons (Fsp3) is 0.357. The first kappa shape index (κ1) is 14.5. The van der Waals surface area contributed by atoms with Gasteiger partial charge in [0.15, 0.2) is 0 Å². The third kappa shape index (κ3) is 2.82. The Morgan fingerprint density at radius 2 is 2.00 bits per heavy atom. The monoisotopic (exact) mass is 293 g/mol. The molecule has 20 heavy (non-hydrogen) atoms. The molecule has 1 aromatic carbocycles. The maximum atomic E-state index is 11.9. The minimum Gasteiger partial charge on any atom is -0.460 e. The van der Waals surface area contributed by atoms with E-state index in [0.29, 0.717) is 17.5 Å². The lowest BCUT2D eigenvalue weighted by atomic mass is 10.1. The molecule has 0 radical (unpaired) electrons. The molecule has 5 nitrogen and oxygen atoms in total. The molecule has 6 heteroatoms. The number of aromatic nitrogens is 3. The maximum absolute atomic E-state index is 11.9. The molecule has 0 aliphatic carbocycles. The van der Waals surface area contributed by atoms with Gasteiger partial charge in [0.1, 0.15) is 5.82 Å². The molecule has 0 spiro atoms. The van der Waals surface area contributed by atoms with Crippen molar-refractivity contribution < 1.29 is 9.53 Å². The highest BCUT2D eigenvalue weighted by molar-refractivity contribution is 6.30. The van der Waals surface area contributed by atoms with Gasteiger partial charge in [-0.15, -0.1) is 10.2 Å². The molecule has 1 unspecified atom stereocenters. The van der Waals surface area contributed by atoms with Crippen molar-refractivity contribution in [2.75, 3.05) is 6.61 Å². The van der Waals surface area contributed by atoms with Crippen LogP contribution in [0.3, 0.4) is 0 Å². The van der Waals surface area contributed by atoms with Crippen LogP contribution in [0.25, 0.3) is 0 Å². The van der Waals surface area contributed by atoms with Crippen LogP contribution in [-0.2, 0) is 4.74 Å². The second-order valence-corrected chi connectivity index (χ2v) is 4.83. The van der Waals surface area contributed by atoms with Gasteiger partial charge in [0, 0.05) is 5.02 Å². The molecule has 0 aliphatic rings. The number of carbonyl (C=O) groups is 1. The summed E-state index contributed by atoms with van der Waals surface area (Å²) in [5, 5.41) is 8.55. The molecule has 0 amide bonds. The average molecular weight is 294 g/mol. The fourth-order valence-electron chi connectivity index (χ4n) is 2.06. The predicted molar refractivity (Wildman–Crippen MR) is 76.0 cm³/mol. The molecule has 0 saturated heterocycles. The van der Waals surface area contributed by atoms with Crippen molar-refractivity contribution in [2.45, 2.75) is 26.8 Å². The number of aryl methyl sites for hydroxylation is 1. The SMILES string of the molecule is CCOC(=O)c1nnc(C)n1C(C)c1ccc(Cl)cc1. The highest BCUT2D eigenvalue weighted by Crippen LogP contribution is 2.22. The lowest BCUT2D eigenvalue weighted by Crippen LogP contribution is -2.18. The summed E-state index contributed by atoms with van der Waals surface area (Å²) in [5.74, 6) is 0.413. The van der Waals surface area contributed by atoms with Gasteiger partial charge >= 0.3 is 5.97 Å². The smallest absolute Gasteiger partial charge is 0.376 e. The summed E-state index contributed by atoms with van der Waals surface area (Å²) < 4.78 is 6.77. The molecule has 1 heterocycles. The molecular weight excluding hydrogens is 278 g/mol. The van der Waals surface area contributed by atoms with Crippen molar-refractivity contribution in [3.8, 4) is 0 Å². The lowest BCUT2D eigenvalue weighted by molar-refractivity contribution is 0.0504. The maximum Gasteiger partial charge on any atom is 0.376 e. The molecule has 0 fully saturated rings.